The maximum Gasteiger partial charge on any atom is 0.276 e. The van der Waals surface area contributed by atoms with Gasteiger partial charge in [0.15, 0.2) is 0 Å². The molecule has 0 fully saturated rings. The molecule has 0 aliphatic carbocycles. The van der Waals surface area contributed by atoms with E-state index in [1.807, 2.05) is 12.1 Å². The highest BCUT2D eigenvalue weighted by molar-refractivity contribution is 6.85. The molecule has 0 aromatic heterocycles. The van der Waals surface area contributed by atoms with Gasteiger partial charge in [0.25, 0.3) is 16.6 Å². The third kappa shape index (κ3) is 4.35. The second kappa shape index (κ2) is 6.98. The van der Waals surface area contributed by atoms with Gasteiger partial charge in [-0.3, -0.25) is 0 Å². The molecular formula is C18H24O2Si2. The zero-order chi connectivity index (χ0) is 16.1. The summed E-state index contributed by atoms with van der Waals surface area (Å²) in [7, 11) is -3.81. The Balaban J connectivity index is 1.96. The van der Waals surface area contributed by atoms with Gasteiger partial charge in [0, 0.05) is 0 Å². The molecule has 2 nitrogen and oxygen atoms in total. The number of hydrogen-bond donors (Lipinski definition) is 0. The minimum atomic E-state index is -1.91. The van der Waals surface area contributed by atoms with Crippen molar-refractivity contribution in [3.63, 3.8) is 0 Å². The standard InChI is InChI=1S/C18H24O2Si2/c1-21(2,17-11-7-5-8-12-17)19-15-16-20-22(3,4)18-13-9-6-10-14-18/h5-16H,1-4H3/b16-15-. The maximum absolute atomic E-state index is 6.00. The van der Waals surface area contributed by atoms with Crippen molar-refractivity contribution in [1.82, 2.24) is 0 Å². The lowest BCUT2D eigenvalue weighted by atomic mass is 10.4. The lowest BCUT2D eigenvalue weighted by Gasteiger charge is -2.24. The first-order valence-corrected chi connectivity index (χ1v) is 13.4. The van der Waals surface area contributed by atoms with Gasteiger partial charge in [-0.2, -0.15) is 0 Å². The topological polar surface area (TPSA) is 18.5 Å². The van der Waals surface area contributed by atoms with E-state index in [-0.39, 0.29) is 0 Å². The van der Waals surface area contributed by atoms with Crippen LogP contribution in [0.5, 0.6) is 0 Å². The van der Waals surface area contributed by atoms with E-state index in [1.165, 1.54) is 10.4 Å². The molecule has 0 heterocycles. The summed E-state index contributed by atoms with van der Waals surface area (Å²) in [6.07, 6.45) is 3.44. The van der Waals surface area contributed by atoms with Gasteiger partial charge in [0.1, 0.15) is 0 Å². The van der Waals surface area contributed by atoms with Crippen LogP contribution in [-0.4, -0.2) is 16.6 Å². The van der Waals surface area contributed by atoms with Crippen LogP contribution in [-0.2, 0) is 8.85 Å². The fourth-order valence-corrected chi connectivity index (χ4v) is 5.26. The van der Waals surface area contributed by atoms with Crippen LogP contribution >= 0.6 is 0 Å². The molecular weight excluding hydrogens is 304 g/mol. The zero-order valence-corrected chi connectivity index (χ0v) is 15.7. The molecule has 0 bridgehead atoms. The van der Waals surface area contributed by atoms with E-state index >= 15 is 0 Å². The summed E-state index contributed by atoms with van der Waals surface area (Å²) in [5.41, 5.74) is 0. The van der Waals surface area contributed by atoms with Crippen LogP contribution in [0.1, 0.15) is 0 Å². The van der Waals surface area contributed by atoms with Gasteiger partial charge in [0.05, 0.1) is 12.5 Å². The summed E-state index contributed by atoms with van der Waals surface area (Å²) in [6.45, 7) is 8.75. The Labute approximate surface area is 135 Å². The van der Waals surface area contributed by atoms with Gasteiger partial charge in [-0.15, -0.1) is 0 Å². The van der Waals surface area contributed by atoms with Crippen molar-refractivity contribution in [3.8, 4) is 0 Å². The highest BCUT2D eigenvalue weighted by Crippen LogP contribution is 2.09. The van der Waals surface area contributed by atoms with E-state index in [2.05, 4.69) is 74.7 Å². The minimum Gasteiger partial charge on any atom is -0.543 e. The van der Waals surface area contributed by atoms with Gasteiger partial charge in [-0.05, 0) is 36.6 Å². The van der Waals surface area contributed by atoms with Gasteiger partial charge in [0.2, 0.25) is 0 Å². The van der Waals surface area contributed by atoms with Crippen LogP contribution in [0.15, 0.2) is 73.2 Å². The SMILES string of the molecule is C[Si](C)(O/C=C\O[Si](C)(C)c1ccccc1)c1ccccc1. The van der Waals surface area contributed by atoms with Crippen molar-refractivity contribution in [1.29, 1.82) is 0 Å². The Morgan fingerprint density at radius 1 is 0.591 bits per heavy atom. The molecule has 22 heavy (non-hydrogen) atoms. The van der Waals surface area contributed by atoms with E-state index in [0.29, 0.717) is 0 Å². The fourth-order valence-electron chi connectivity index (χ4n) is 2.21. The van der Waals surface area contributed by atoms with Crippen LogP contribution in [0, 0.1) is 0 Å². The van der Waals surface area contributed by atoms with Crippen molar-refractivity contribution < 1.29 is 8.85 Å². The first-order valence-electron chi connectivity index (χ1n) is 7.53. The van der Waals surface area contributed by atoms with Crippen LogP contribution in [0.25, 0.3) is 0 Å². The minimum absolute atomic E-state index is 1.28. The maximum atomic E-state index is 6.00. The van der Waals surface area contributed by atoms with Gasteiger partial charge < -0.3 is 8.85 Å². The molecule has 0 aliphatic rings. The van der Waals surface area contributed by atoms with E-state index in [9.17, 15) is 0 Å². The largest absolute Gasteiger partial charge is 0.543 e. The van der Waals surface area contributed by atoms with Crippen molar-refractivity contribution >= 4 is 27.0 Å². The molecule has 116 valence electrons. The quantitative estimate of drug-likeness (QED) is 0.594. The highest BCUT2D eigenvalue weighted by Gasteiger charge is 2.27. The molecule has 0 unspecified atom stereocenters. The van der Waals surface area contributed by atoms with Crippen LogP contribution in [0.2, 0.25) is 26.2 Å². The van der Waals surface area contributed by atoms with Gasteiger partial charge in [-0.1, -0.05) is 60.7 Å². The lowest BCUT2D eigenvalue weighted by Crippen LogP contribution is -2.44. The van der Waals surface area contributed by atoms with Crippen molar-refractivity contribution in [2.75, 3.05) is 0 Å². The second-order valence-electron chi connectivity index (χ2n) is 6.26. The predicted octanol–water partition coefficient (Wildman–Crippen LogP) is 3.72. The molecule has 0 aliphatic heterocycles. The molecule has 0 saturated heterocycles. The molecule has 0 saturated carbocycles. The second-order valence-corrected chi connectivity index (χ2v) is 13.9. The van der Waals surface area contributed by atoms with Crippen LogP contribution < -0.4 is 10.4 Å². The van der Waals surface area contributed by atoms with E-state index in [0.717, 1.165) is 0 Å². The number of hydrogen-bond acceptors (Lipinski definition) is 2. The predicted molar refractivity (Wildman–Crippen MR) is 98.4 cm³/mol. The summed E-state index contributed by atoms with van der Waals surface area (Å²) < 4.78 is 12.0. The summed E-state index contributed by atoms with van der Waals surface area (Å²) >= 11 is 0. The third-order valence-corrected chi connectivity index (χ3v) is 8.62. The summed E-state index contributed by atoms with van der Waals surface area (Å²) in [4.78, 5) is 0. The average molecular weight is 329 g/mol. The van der Waals surface area contributed by atoms with E-state index in [1.54, 1.807) is 12.5 Å². The smallest absolute Gasteiger partial charge is 0.276 e. The summed E-state index contributed by atoms with van der Waals surface area (Å²) in [5.74, 6) is 0. The summed E-state index contributed by atoms with van der Waals surface area (Å²) in [5, 5.41) is 2.55. The monoisotopic (exact) mass is 328 g/mol. The fraction of sp³-hybridized carbons (Fsp3) is 0.222. The van der Waals surface area contributed by atoms with Crippen LogP contribution in [0.3, 0.4) is 0 Å². The zero-order valence-electron chi connectivity index (χ0n) is 13.7. The van der Waals surface area contributed by atoms with E-state index in [4.69, 9.17) is 8.85 Å². The lowest BCUT2D eigenvalue weighted by molar-refractivity contribution is 0.423. The first-order chi connectivity index (χ1) is 10.4. The molecule has 2 rings (SSSR count). The van der Waals surface area contributed by atoms with Crippen molar-refractivity contribution in [2.24, 2.45) is 0 Å². The first kappa shape index (κ1) is 16.6. The number of rotatable bonds is 6. The van der Waals surface area contributed by atoms with Gasteiger partial charge in [-0.25, -0.2) is 0 Å². The van der Waals surface area contributed by atoms with E-state index < -0.39 is 16.6 Å². The Morgan fingerprint density at radius 3 is 1.23 bits per heavy atom. The van der Waals surface area contributed by atoms with Gasteiger partial charge >= 0.3 is 0 Å². The Kier molecular flexibility index (Phi) is 5.26. The van der Waals surface area contributed by atoms with Crippen molar-refractivity contribution in [3.05, 3.63) is 73.2 Å². The molecule has 0 N–H and O–H groups in total. The molecule has 0 atom stereocenters. The molecule has 0 amide bonds. The Hall–Kier alpha value is -1.79. The Morgan fingerprint density at radius 2 is 0.909 bits per heavy atom. The van der Waals surface area contributed by atoms with Crippen LogP contribution in [0.4, 0.5) is 0 Å². The number of benzene rings is 2. The normalized spacial score (nSPS) is 12.4. The molecule has 4 heteroatoms. The molecule has 0 spiro atoms. The highest BCUT2D eigenvalue weighted by atomic mass is 28.4. The molecule has 2 aromatic rings. The Bertz CT molecular complexity index is 552. The summed E-state index contributed by atoms with van der Waals surface area (Å²) in [6, 6.07) is 20.8. The molecule has 2 aromatic carbocycles. The molecule has 0 radical (unpaired) electrons. The average Bonchev–Trinajstić information content (AvgIpc) is 2.53. The third-order valence-electron chi connectivity index (χ3n) is 3.72. The van der Waals surface area contributed by atoms with Crippen molar-refractivity contribution in [2.45, 2.75) is 26.2 Å².